The predicted octanol–water partition coefficient (Wildman–Crippen LogP) is 1.44. The third-order valence-corrected chi connectivity index (χ3v) is 0.362. The molecule has 1 rings (SSSR count). The van der Waals surface area contributed by atoms with Crippen LogP contribution < -0.4 is 0 Å². The molecule has 3 heteroatoms. The van der Waals surface area contributed by atoms with E-state index in [4.69, 9.17) is 0 Å². The van der Waals surface area contributed by atoms with Gasteiger partial charge in [0.2, 0.25) is 0 Å². The molecular weight excluding hydrogens is 151 g/mol. The van der Waals surface area contributed by atoms with Crippen molar-refractivity contribution in [2.45, 2.75) is 13.8 Å². The van der Waals surface area contributed by atoms with Crippen LogP contribution >= 0.6 is 0 Å². The summed E-state index contributed by atoms with van der Waals surface area (Å²) in [4.78, 5) is 0. The SMILES string of the molecule is C[CH-]C.[V+2].[c-]1cn[nH]c1. The quantitative estimate of drug-likeness (QED) is 0.573. The van der Waals surface area contributed by atoms with Crippen LogP contribution in [0.1, 0.15) is 13.8 Å². The summed E-state index contributed by atoms with van der Waals surface area (Å²) in [6.07, 6.45) is 5.21. The molecule has 49 valence electrons. The first-order valence-corrected chi connectivity index (χ1v) is 2.50. The van der Waals surface area contributed by atoms with Gasteiger partial charge in [-0.25, -0.2) is 5.10 Å². The summed E-state index contributed by atoms with van der Waals surface area (Å²) in [5.74, 6) is 0. The fourth-order valence-corrected chi connectivity index (χ4v) is 0.186. The molecule has 9 heavy (non-hydrogen) atoms. The Hall–Kier alpha value is -0.206. The normalized spacial score (nSPS) is 6.44. The number of hydrogen-bond donors (Lipinski definition) is 1. The van der Waals surface area contributed by atoms with Crippen LogP contribution in [0, 0.1) is 12.5 Å². The van der Waals surface area contributed by atoms with E-state index in [1.54, 1.807) is 12.4 Å². The van der Waals surface area contributed by atoms with Gasteiger partial charge in [-0.3, -0.25) is 0 Å². The number of aromatic nitrogens is 2. The molecule has 1 aromatic rings. The van der Waals surface area contributed by atoms with Crippen molar-refractivity contribution in [2.75, 3.05) is 0 Å². The summed E-state index contributed by atoms with van der Waals surface area (Å²) < 4.78 is 0. The molecule has 0 fully saturated rings. The van der Waals surface area contributed by atoms with E-state index in [1.807, 2.05) is 20.3 Å². The molecule has 0 aliphatic rings. The molecule has 0 amide bonds. The third-order valence-electron chi connectivity index (χ3n) is 0.362. The zero-order chi connectivity index (χ0) is 6.24. The molecule has 0 atom stereocenters. The van der Waals surface area contributed by atoms with Gasteiger partial charge in [0, 0.05) is 0 Å². The topological polar surface area (TPSA) is 28.7 Å². The van der Waals surface area contributed by atoms with Crippen molar-refractivity contribution in [1.82, 2.24) is 10.2 Å². The zero-order valence-corrected chi connectivity index (χ0v) is 7.02. The van der Waals surface area contributed by atoms with Crippen molar-refractivity contribution in [1.29, 1.82) is 0 Å². The van der Waals surface area contributed by atoms with Crippen molar-refractivity contribution in [2.24, 2.45) is 0 Å². The third kappa shape index (κ3) is 11.4. The second-order valence-corrected chi connectivity index (χ2v) is 1.28. The fourth-order valence-electron chi connectivity index (χ4n) is 0.186. The maximum absolute atomic E-state index is 3.54. The maximum atomic E-state index is 3.54. The van der Waals surface area contributed by atoms with Crippen LogP contribution in [-0.2, 0) is 18.6 Å². The fraction of sp³-hybridized carbons (Fsp3) is 0.333. The van der Waals surface area contributed by atoms with Gasteiger partial charge in [0.05, 0.1) is 0 Å². The van der Waals surface area contributed by atoms with Crippen LogP contribution in [0.25, 0.3) is 0 Å². The molecule has 1 heterocycles. The van der Waals surface area contributed by atoms with Crippen LogP contribution in [-0.4, -0.2) is 10.2 Å². The molecule has 0 unspecified atom stereocenters. The molecule has 2 nitrogen and oxygen atoms in total. The van der Waals surface area contributed by atoms with Gasteiger partial charge in [0.15, 0.2) is 0 Å². The van der Waals surface area contributed by atoms with Crippen molar-refractivity contribution < 1.29 is 18.6 Å². The maximum Gasteiger partial charge on any atom is 2.00 e. The summed E-state index contributed by atoms with van der Waals surface area (Å²) in [6.45, 7) is 4.00. The summed E-state index contributed by atoms with van der Waals surface area (Å²) in [5, 5.41) is 6.10. The average Bonchev–Trinajstić information content (AvgIpc) is 2.17. The minimum atomic E-state index is 0. The van der Waals surface area contributed by atoms with E-state index in [0.29, 0.717) is 0 Å². The van der Waals surface area contributed by atoms with E-state index in [2.05, 4.69) is 16.3 Å². The second-order valence-electron chi connectivity index (χ2n) is 1.28. The zero-order valence-electron chi connectivity index (χ0n) is 5.63. The number of nitrogens with one attached hydrogen (secondary N) is 1. The Morgan fingerprint density at radius 2 is 2.11 bits per heavy atom. The van der Waals surface area contributed by atoms with E-state index >= 15 is 0 Å². The Labute approximate surface area is 67.9 Å². The molecule has 0 saturated carbocycles. The molecule has 0 spiro atoms. The Morgan fingerprint density at radius 3 is 2.22 bits per heavy atom. The van der Waals surface area contributed by atoms with E-state index in [0.717, 1.165) is 0 Å². The molecule has 1 radical (unpaired) electrons. The first kappa shape index (κ1) is 11.6. The van der Waals surface area contributed by atoms with Crippen molar-refractivity contribution in [3.63, 3.8) is 0 Å². The summed E-state index contributed by atoms with van der Waals surface area (Å²) >= 11 is 0. The van der Waals surface area contributed by atoms with Gasteiger partial charge in [-0.2, -0.15) is 20.0 Å². The van der Waals surface area contributed by atoms with Crippen LogP contribution in [0.5, 0.6) is 0 Å². The predicted molar refractivity (Wildman–Crippen MR) is 33.1 cm³/mol. The molecule has 1 N–H and O–H groups in total. The van der Waals surface area contributed by atoms with Crippen LogP contribution in [0.4, 0.5) is 0 Å². The van der Waals surface area contributed by atoms with Crippen molar-refractivity contribution in [3.05, 3.63) is 24.9 Å². The molecular formula is C6H10N2V. The number of rotatable bonds is 0. The molecule has 0 bridgehead atoms. The molecule has 0 aliphatic carbocycles. The number of H-pyrrole nitrogens is 1. The Kier molecular flexibility index (Phi) is 13.8. The van der Waals surface area contributed by atoms with Gasteiger partial charge in [0.1, 0.15) is 0 Å². The van der Waals surface area contributed by atoms with Gasteiger partial charge in [-0.1, -0.05) is 0 Å². The second kappa shape index (κ2) is 10.7. The van der Waals surface area contributed by atoms with Crippen LogP contribution in [0.2, 0.25) is 0 Å². The summed E-state index contributed by atoms with van der Waals surface area (Å²) in [5.41, 5.74) is 0. The Morgan fingerprint density at radius 1 is 1.56 bits per heavy atom. The standard InChI is InChI=1S/C3H3N2.C3H7.V/c1-2-4-5-3-1;1-3-2;/h2-3H,(H,4,5);3H,1-2H3;/q2*-1;+2. The molecule has 1 aromatic heterocycles. The Balaban J connectivity index is 0. The number of nitrogens with zero attached hydrogens (tertiary/aromatic N) is 1. The largest absolute Gasteiger partial charge is 2.00 e. The van der Waals surface area contributed by atoms with E-state index in [1.165, 1.54) is 0 Å². The Bertz CT molecular complexity index is 78.0. The summed E-state index contributed by atoms with van der Waals surface area (Å²) in [6, 6.07) is 2.69. The van der Waals surface area contributed by atoms with Crippen molar-refractivity contribution >= 4 is 0 Å². The average molecular weight is 161 g/mol. The minimum absolute atomic E-state index is 0. The molecule has 0 aromatic carbocycles. The first-order chi connectivity index (χ1) is 3.91. The van der Waals surface area contributed by atoms with E-state index < -0.39 is 0 Å². The number of hydrogen-bond acceptors (Lipinski definition) is 1. The minimum Gasteiger partial charge on any atom is -0.433 e. The first-order valence-electron chi connectivity index (χ1n) is 2.50. The van der Waals surface area contributed by atoms with Crippen LogP contribution in [0.3, 0.4) is 0 Å². The monoisotopic (exact) mass is 161 g/mol. The van der Waals surface area contributed by atoms with E-state index in [9.17, 15) is 0 Å². The van der Waals surface area contributed by atoms with Gasteiger partial charge in [0.25, 0.3) is 0 Å². The van der Waals surface area contributed by atoms with Gasteiger partial charge in [-0.15, -0.1) is 6.20 Å². The molecule has 0 saturated heterocycles. The van der Waals surface area contributed by atoms with Gasteiger partial charge in [-0.05, 0) is 0 Å². The summed E-state index contributed by atoms with van der Waals surface area (Å²) in [7, 11) is 0. The van der Waals surface area contributed by atoms with Crippen molar-refractivity contribution in [3.8, 4) is 0 Å². The number of aromatic amines is 1. The van der Waals surface area contributed by atoms with Crippen LogP contribution in [0.15, 0.2) is 12.4 Å². The van der Waals surface area contributed by atoms with Gasteiger partial charge < -0.3 is 17.6 Å². The van der Waals surface area contributed by atoms with Gasteiger partial charge >= 0.3 is 18.6 Å². The smallest absolute Gasteiger partial charge is 0.433 e. The van der Waals surface area contributed by atoms with E-state index in [-0.39, 0.29) is 18.6 Å². The molecule has 0 aliphatic heterocycles.